The molecule has 2 aromatic carbocycles. The summed E-state index contributed by atoms with van der Waals surface area (Å²) < 4.78 is 102. The molecule has 0 aromatic heterocycles. The molecule has 1 aliphatic rings. The average Bonchev–Trinajstić information content (AvgIpc) is 2.88. The molecule has 3 rings (SSSR count). The van der Waals surface area contributed by atoms with Crippen molar-refractivity contribution in [2.24, 2.45) is 0 Å². The summed E-state index contributed by atoms with van der Waals surface area (Å²) in [5.41, 5.74) is -1.82. The third kappa shape index (κ3) is 5.96. The van der Waals surface area contributed by atoms with Crippen LogP contribution in [0.1, 0.15) is 35.2 Å². The third-order valence-corrected chi connectivity index (χ3v) is 6.77. The van der Waals surface area contributed by atoms with E-state index in [-0.39, 0.29) is 36.4 Å². The highest BCUT2D eigenvalue weighted by atomic mass is 35.5. The van der Waals surface area contributed by atoms with Gasteiger partial charge in [-0.2, -0.15) is 13.2 Å². The smallest absolute Gasteiger partial charge is 0.371 e. The zero-order valence-electron chi connectivity index (χ0n) is 17.7. The normalized spacial score (nSPS) is 18.2. The van der Waals surface area contributed by atoms with Gasteiger partial charge in [0.25, 0.3) is 5.91 Å². The van der Waals surface area contributed by atoms with E-state index in [1.807, 2.05) is 0 Å². The number of hydrogen-bond donors (Lipinski definition) is 2. The molecule has 13 heteroatoms. The first kappa shape index (κ1) is 26.1. The highest BCUT2D eigenvalue weighted by molar-refractivity contribution is 7.91. The Balaban J connectivity index is 2.05. The van der Waals surface area contributed by atoms with Gasteiger partial charge in [0.15, 0.2) is 0 Å². The van der Waals surface area contributed by atoms with Crippen molar-refractivity contribution < 1.29 is 35.3 Å². The lowest BCUT2D eigenvalue weighted by atomic mass is 10.1. The molecule has 1 unspecified atom stereocenters. The number of rotatable bonds is 4. The van der Waals surface area contributed by atoms with E-state index in [0.717, 1.165) is 30.5 Å². The minimum Gasteiger partial charge on any atom is -0.371 e. The lowest BCUT2D eigenvalue weighted by Crippen LogP contribution is -2.29. The summed E-state index contributed by atoms with van der Waals surface area (Å²) >= 11 is 5.80. The molecule has 1 amide bonds. The van der Waals surface area contributed by atoms with E-state index >= 15 is 0 Å². The molecule has 1 fully saturated rings. The lowest BCUT2D eigenvalue weighted by molar-refractivity contribution is -0.137. The molecule has 2 N–H and O–H groups in total. The number of hydrogen-bond acceptors (Lipinski definition) is 4. The van der Waals surface area contributed by atoms with Crippen LogP contribution >= 0.6 is 11.6 Å². The molecule has 0 saturated carbocycles. The van der Waals surface area contributed by atoms with Crippen LogP contribution in [0.15, 0.2) is 35.2 Å². The summed E-state index contributed by atoms with van der Waals surface area (Å²) in [5.74, 6) is -4.85. The topological polar surface area (TPSA) is 73.3 Å². The molecule has 0 bridgehead atoms. The van der Waals surface area contributed by atoms with Gasteiger partial charge in [-0.3, -0.25) is 4.79 Å². The summed E-state index contributed by atoms with van der Waals surface area (Å²) in [6.07, 6.45) is -4.91. The highest BCUT2D eigenvalue weighted by Crippen LogP contribution is 2.40. The SMILES string of the molecule is CS(=N)(=O)c1cc(NC(=O)c2cc(Cl)c(C(F)(F)F)cc2N2CCCC(F)(F)CC2)ccc1F. The maximum atomic E-state index is 13.9. The molecule has 1 heterocycles. The second-order valence-corrected chi connectivity index (χ2v) is 10.5. The predicted octanol–water partition coefficient (Wildman–Crippen LogP) is 6.41. The first-order valence-electron chi connectivity index (χ1n) is 9.97. The van der Waals surface area contributed by atoms with Crippen LogP contribution in [0, 0.1) is 10.6 Å². The van der Waals surface area contributed by atoms with Gasteiger partial charge in [-0.15, -0.1) is 0 Å². The van der Waals surface area contributed by atoms with Gasteiger partial charge in [0, 0.05) is 37.9 Å². The minimum atomic E-state index is -4.85. The van der Waals surface area contributed by atoms with E-state index in [0.29, 0.717) is 6.07 Å². The molecule has 2 aromatic rings. The second-order valence-electron chi connectivity index (χ2n) is 7.99. The van der Waals surface area contributed by atoms with Crippen LogP contribution in [0.25, 0.3) is 0 Å². The number of halogens is 7. The molecule has 1 saturated heterocycles. The van der Waals surface area contributed by atoms with E-state index in [4.69, 9.17) is 16.4 Å². The van der Waals surface area contributed by atoms with Crippen molar-refractivity contribution in [2.45, 2.75) is 36.3 Å². The molecule has 5 nitrogen and oxygen atoms in total. The minimum absolute atomic E-state index is 0.00623. The molecule has 186 valence electrons. The monoisotopic (exact) mass is 527 g/mol. The molecule has 0 radical (unpaired) electrons. The number of anilines is 2. The summed E-state index contributed by atoms with van der Waals surface area (Å²) in [6, 6.07) is 4.45. The Labute approximate surface area is 197 Å². The molecule has 34 heavy (non-hydrogen) atoms. The Kier molecular flexibility index (Phi) is 7.14. The van der Waals surface area contributed by atoms with Gasteiger partial charge < -0.3 is 10.2 Å². The maximum absolute atomic E-state index is 13.9. The Morgan fingerprint density at radius 1 is 1.18 bits per heavy atom. The standard InChI is InChI=1S/C21H20ClF6N3O2S/c1-34(29,33)18-9-12(3-4-16(18)23)30-19(32)13-10-15(22)14(21(26,27)28)11-17(13)31-7-2-5-20(24,25)6-8-31/h3-4,9-11,29H,2,5-8H2,1H3,(H,30,32). The number of carbonyl (C=O) groups excluding carboxylic acids is 1. The molecule has 1 atom stereocenters. The van der Waals surface area contributed by atoms with E-state index in [1.165, 1.54) is 4.90 Å². The Morgan fingerprint density at radius 3 is 2.47 bits per heavy atom. The van der Waals surface area contributed by atoms with Gasteiger partial charge >= 0.3 is 6.18 Å². The van der Waals surface area contributed by atoms with Crippen LogP contribution < -0.4 is 10.2 Å². The van der Waals surface area contributed by atoms with Gasteiger partial charge in [0.2, 0.25) is 5.92 Å². The zero-order valence-corrected chi connectivity index (χ0v) is 19.3. The quantitative estimate of drug-likeness (QED) is 0.451. The molecule has 0 spiro atoms. The van der Waals surface area contributed by atoms with Crippen molar-refractivity contribution in [3.63, 3.8) is 0 Å². The van der Waals surface area contributed by atoms with Crippen molar-refractivity contribution in [1.29, 1.82) is 4.78 Å². The predicted molar refractivity (Wildman–Crippen MR) is 117 cm³/mol. The van der Waals surface area contributed by atoms with Crippen LogP contribution in [-0.2, 0) is 15.9 Å². The fourth-order valence-corrected chi connectivity index (χ4v) is 4.67. The van der Waals surface area contributed by atoms with Gasteiger partial charge in [-0.1, -0.05) is 11.6 Å². The van der Waals surface area contributed by atoms with E-state index in [9.17, 15) is 35.3 Å². The van der Waals surface area contributed by atoms with Gasteiger partial charge in [0.1, 0.15) is 5.82 Å². The lowest BCUT2D eigenvalue weighted by Gasteiger charge is -2.27. The van der Waals surface area contributed by atoms with E-state index in [1.54, 1.807) is 0 Å². The number of nitrogens with one attached hydrogen (secondary N) is 2. The average molecular weight is 528 g/mol. The van der Waals surface area contributed by atoms with Crippen LogP contribution in [0.3, 0.4) is 0 Å². The first-order chi connectivity index (χ1) is 15.6. The number of carbonyl (C=O) groups is 1. The Bertz CT molecular complexity index is 1220. The van der Waals surface area contributed by atoms with Gasteiger partial charge in [-0.25, -0.2) is 22.2 Å². The van der Waals surface area contributed by atoms with Crippen molar-refractivity contribution in [1.82, 2.24) is 0 Å². The fraction of sp³-hybridized carbons (Fsp3) is 0.381. The largest absolute Gasteiger partial charge is 0.417 e. The van der Waals surface area contributed by atoms with Crippen LogP contribution in [0.4, 0.5) is 37.7 Å². The summed E-state index contributed by atoms with van der Waals surface area (Å²) in [5, 5.41) is 1.61. The molecular formula is C21H20ClF6N3O2S. The molecule has 0 aliphatic carbocycles. The Morgan fingerprint density at radius 2 is 1.85 bits per heavy atom. The van der Waals surface area contributed by atoms with Gasteiger partial charge in [-0.05, 0) is 36.8 Å². The maximum Gasteiger partial charge on any atom is 0.417 e. The van der Waals surface area contributed by atoms with Crippen LogP contribution in [0.2, 0.25) is 5.02 Å². The number of benzene rings is 2. The summed E-state index contributed by atoms with van der Waals surface area (Å²) in [7, 11) is -3.48. The molecule has 1 aliphatic heterocycles. The van der Waals surface area contributed by atoms with Crippen molar-refractivity contribution in [2.75, 3.05) is 29.6 Å². The summed E-state index contributed by atoms with van der Waals surface area (Å²) in [6.45, 7) is -0.296. The van der Waals surface area contributed by atoms with Gasteiger partial charge in [0.05, 0.1) is 36.5 Å². The number of nitrogens with zero attached hydrogens (tertiary/aromatic N) is 1. The number of alkyl halides is 5. The molecular weight excluding hydrogens is 508 g/mol. The second kappa shape index (κ2) is 9.29. The highest BCUT2D eigenvalue weighted by Gasteiger charge is 2.37. The zero-order chi connectivity index (χ0) is 25.5. The van der Waals surface area contributed by atoms with Crippen molar-refractivity contribution in [3.8, 4) is 0 Å². The first-order valence-corrected chi connectivity index (χ1v) is 12.3. The summed E-state index contributed by atoms with van der Waals surface area (Å²) in [4.78, 5) is 13.8. The van der Waals surface area contributed by atoms with E-state index < -0.39 is 61.9 Å². The third-order valence-electron chi connectivity index (χ3n) is 5.30. The van der Waals surface area contributed by atoms with Crippen molar-refractivity contribution >= 4 is 38.6 Å². The fourth-order valence-electron chi connectivity index (χ4n) is 3.61. The van der Waals surface area contributed by atoms with Crippen LogP contribution in [-0.4, -0.2) is 35.4 Å². The van der Waals surface area contributed by atoms with Crippen LogP contribution in [0.5, 0.6) is 0 Å². The number of amides is 1. The van der Waals surface area contributed by atoms with E-state index in [2.05, 4.69) is 5.32 Å². The van der Waals surface area contributed by atoms with Crippen molar-refractivity contribution in [3.05, 3.63) is 52.3 Å². The Hall–Kier alpha value is -2.47.